The summed E-state index contributed by atoms with van der Waals surface area (Å²) < 4.78 is 0. The van der Waals surface area contributed by atoms with Crippen LogP contribution in [0.25, 0.3) is 0 Å². The Bertz CT molecular complexity index is 332. The van der Waals surface area contributed by atoms with Crippen LogP contribution in [0.2, 0.25) is 0 Å². The second kappa shape index (κ2) is 3.70. The van der Waals surface area contributed by atoms with Crippen molar-refractivity contribution in [2.45, 2.75) is 6.92 Å². The predicted molar refractivity (Wildman–Crippen MR) is 54.2 cm³/mol. The zero-order valence-electron chi connectivity index (χ0n) is 7.57. The molecule has 70 valence electrons. The third-order valence-electron chi connectivity index (χ3n) is 1.42. The molecule has 0 unspecified atom stereocenters. The van der Waals surface area contributed by atoms with Gasteiger partial charge in [0, 0.05) is 13.3 Å². The zero-order valence-corrected chi connectivity index (χ0v) is 7.57. The molecule has 0 saturated heterocycles. The van der Waals surface area contributed by atoms with Crippen molar-refractivity contribution in [2.24, 2.45) is 4.99 Å². The molecule has 0 spiro atoms. The standard InChI is InChI=1S/C7H12N6/c1-3-11-4-5(8)12-7(9)13-6(4)10-2/h3H,1-2H3,(H5,8,9,10,12,13). The number of rotatable bonds is 2. The Labute approximate surface area is 76.1 Å². The molecule has 13 heavy (non-hydrogen) atoms. The summed E-state index contributed by atoms with van der Waals surface area (Å²) in [6.45, 7) is 1.79. The summed E-state index contributed by atoms with van der Waals surface area (Å²) in [6, 6.07) is 0. The topological polar surface area (TPSA) is 102 Å². The highest BCUT2D eigenvalue weighted by molar-refractivity contribution is 5.77. The maximum absolute atomic E-state index is 5.60. The molecule has 0 aromatic carbocycles. The van der Waals surface area contributed by atoms with Crippen molar-refractivity contribution in [3.05, 3.63) is 0 Å². The normalized spacial score (nSPS) is 10.6. The Balaban J connectivity index is 3.29. The fourth-order valence-electron chi connectivity index (χ4n) is 0.921. The van der Waals surface area contributed by atoms with Gasteiger partial charge >= 0.3 is 0 Å². The highest BCUT2D eigenvalue weighted by Gasteiger charge is 2.07. The minimum atomic E-state index is 0.136. The lowest BCUT2D eigenvalue weighted by atomic mass is 10.4. The van der Waals surface area contributed by atoms with E-state index in [0.717, 1.165) is 0 Å². The lowest BCUT2D eigenvalue weighted by Crippen LogP contribution is -2.03. The molecule has 0 saturated carbocycles. The number of nitrogens with two attached hydrogens (primary N) is 2. The summed E-state index contributed by atoms with van der Waals surface area (Å²) in [5.41, 5.74) is 11.5. The van der Waals surface area contributed by atoms with Crippen molar-refractivity contribution in [3.8, 4) is 0 Å². The van der Waals surface area contributed by atoms with Crippen molar-refractivity contribution in [2.75, 3.05) is 23.8 Å². The van der Waals surface area contributed by atoms with E-state index in [0.29, 0.717) is 11.5 Å². The molecular formula is C7H12N6. The van der Waals surface area contributed by atoms with Crippen LogP contribution in [0, 0.1) is 0 Å². The van der Waals surface area contributed by atoms with Gasteiger partial charge in [-0.3, -0.25) is 4.99 Å². The Morgan fingerprint density at radius 2 is 2.08 bits per heavy atom. The number of hydrogen-bond acceptors (Lipinski definition) is 6. The zero-order chi connectivity index (χ0) is 9.84. The molecule has 0 aliphatic carbocycles. The van der Waals surface area contributed by atoms with Crippen LogP contribution in [0.1, 0.15) is 6.92 Å². The number of nitrogens with zero attached hydrogens (tertiary/aromatic N) is 3. The van der Waals surface area contributed by atoms with Gasteiger partial charge in [0.15, 0.2) is 11.6 Å². The van der Waals surface area contributed by atoms with Crippen molar-refractivity contribution in [1.29, 1.82) is 0 Å². The molecular weight excluding hydrogens is 168 g/mol. The van der Waals surface area contributed by atoms with Gasteiger partial charge in [0.05, 0.1) is 0 Å². The third-order valence-corrected chi connectivity index (χ3v) is 1.42. The molecule has 0 radical (unpaired) electrons. The number of hydrogen-bond donors (Lipinski definition) is 3. The van der Waals surface area contributed by atoms with Crippen molar-refractivity contribution in [1.82, 2.24) is 9.97 Å². The van der Waals surface area contributed by atoms with E-state index in [2.05, 4.69) is 20.3 Å². The fraction of sp³-hybridized carbons (Fsp3) is 0.286. The van der Waals surface area contributed by atoms with Gasteiger partial charge in [-0.2, -0.15) is 9.97 Å². The summed E-state index contributed by atoms with van der Waals surface area (Å²) in [5.74, 6) is 0.940. The average Bonchev–Trinajstić information content (AvgIpc) is 2.09. The summed E-state index contributed by atoms with van der Waals surface area (Å²) in [6.07, 6.45) is 1.62. The highest BCUT2D eigenvalue weighted by Crippen LogP contribution is 2.28. The molecule has 6 heteroatoms. The van der Waals surface area contributed by atoms with E-state index in [-0.39, 0.29) is 11.8 Å². The minimum absolute atomic E-state index is 0.136. The molecule has 0 aliphatic heterocycles. The second-order valence-corrected chi connectivity index (χ2v) is 2.30. The van der Waals surface area contributed by atoms with E-state index >= 15 is 0 Å². The SMILES string of the molecule is CC=Nc1c(N)nc(N)nc1NC. The van der Waals surface area contributed by atoms with Gasteiger partial charge in [-0.25, -0.2) is 0 Å². The summed E-state index contributed by atoms with van der Waals surface area (Å²) in [7, 11) is 1.72. The molecule has 0 bridgehead atoms. The number of aromatic nitrogens is 2. The molecule has 1 rings (SSSR count). The quantitative estimate of drug-likeness (QED) is 0.572. The lowest BCUT2D eigenvalue weighted by Gasteiger charge is -2.06. The molecule has 1 aromatic rings. The first-order chi connectivity index (χ1) is 6.19. The van der Waals surface area contributed by atoms with Crippen LogP contribution in [0.5, 0.6) is 0 Å². The van der Waals surface area contributed by atoms with Gasteiger partial charge in [0.1, 0.15) is 5.69 Å². The van der Waals surface area contributed by atoms with Gasteiger partial charge in [0.2, 0.25) is 5.95 Å². The van der Waals surface area contributed by atoms with E-state index in [1.165, 1.54) is 0 Å². The van der Waals surface area contributed by atoms with E-state index in [9.17, 15) is 0 Å². The molecule has 5 N–H and O–H groups in total. The van der Waals surface area contributed by atoms with E-state index in [1.54, 1.807) is 20.2 Å². The average molecular weight is 180 g/mol. The highest BCUT2D eigenvalue weighted by atomic mass is 15.1. The molecule has 0 atom stereocenters. The summed E-state index contributed by atoms with van der Waals surface area (Å²) in [4.78, 5) is 11.7. The predicted octanol–water partition coefficient (Wildman–Crippen LogP) is 0.405. The van der Waals surface area contributed by atoms with Crippen LogP contribution in [0.15, 0.2) is 4.99 Å². The Morgan fingerprint density at radius 3 is 2.62 bits per heavy atom. The van der Waals surface area contributed by atoms with E-state index < -0.39 is 0 Å². The van der Waals surface area contributed by atoms with Crippen molar-refractivity contribution in [3.63, 3.8) is 0 Å². The first-order valence-corrected chi connectivity index (χ1v) is 3.78. The van der Waals surface area contributed by atoms with Crippen LogP contribution in [0.4, 0.5) is 23.3 Å². The molecule has 0 fully saturated rings. The number of aliphatic imine (C=N–C) groups is 1. The molecule has 0 aliphatic rings. The Morgan fingerprint density at radius 1 is 1.38 bits per heavy atom. The van der Waals surface area contributed by atoms with Crippen molar-refractivity contribution < 1.29 is 0 Å². The maximum Gasteiger partial charge on any atom is 0.224 e. The number of nitrogens with one attached hydrogen (secondary N) is 1. The van der Waals surface area contributed by atoms with Crippen LogP contribution >= 0.6 is 0 Å². The van der Waals surface area contributed by atoms with Crippen LogP contribution < -0.4 is 16.8 Å². The van der Waals surface area contributed by atoms with Gasteiger partial charge in [-0.15, -0.1) is 0 Å². The number of anilines is 3. The summed E-state index contributed by atoms with van der Waals surface area (Å²) >= 11 is 0. The largest absolute Gasteiger partial charge is 0.382 e. The monoisotopic (exact) mass is 180 g/mol. The maximum atomic E-state index is 5.60. The van der Waals surface area contributed by atoms with Crippen LogP contribution in [0.3, 0.4) is 0 Å². The Hall–Kier alpha value is -1.85. The first kappa shape index (κ1) is 9.24. The fourth-order valence-corrected chi connectivity index (χ4v) is 0.921. The smallest absolute Gasteiger partial charge is 0.224 e. The lowest BCUT2D eigenvalue weighted by molar-refractivity contribution is 1.17. The number of nitrogen functional groups attached to an aromatic ring is 2. The third kappa shape index (κ3) is 1.84. The van der Waals surface area contributed by atoms with E-state index in [1.807, 2.05) is 0 Å². The molecule has 6 nitrogen and oxygen atoms in total. The molecule has 1 heterocycles. The van der Waals surface area contributed by atoms with E-state index in [4.69, 9.17) is 11.5 Å². The minimum Gasteiger partial charge on any atom is -0.382 e. The second-order valence-electron chi connectivity index (χ2n) is 2.30. The van der Waals surface area contributed by atoms with Crippen LogP contribution in [-0.2, 0) is 0 Å². The van der Waals surface area contributed by atoms with Crippen LogP contribution in [-0.4, -0.2) is 23.2 Å². The van der Waals surface area contributed by atoms with Gasteiger partial charge < -0.3 is 16.8 Å². The molecule has 0 amide bonds. The first-order valence-electron chi connectivity index (χ1n) is 3.78. The van der Waals surface area contributed by atoms with Gasteiger partial charge in [-0.05, 0) is 6.92 Å². The Kier molecular flexibility index (Phi) is 2.63. The van der Waals surface area contributed by atoms with Gasteiger partial charge in [0.25, 0.3) is 0 Å². The summed E-state index contributed by atoms with van der Waals surface area (Å²) in [5, 5.41) is 2.84. The van der Waals surface area contributed by atoms with Gasteiger partial charge in [-0.1, -0.05) is 0 Å². The molecule has 1 aromatic heterocycles. The van der Waals surface area contributed by atoms with Crippen molar-refractivity contribution >= 4 is 29.5 Å².